The minimum atomic E-state index is 0.700. The summed E-state index contributed by atoms with van der Waals surface area (Å²) >= 11 is 1.98. The number of methoxy groups -OCH3 is 1. The van der Waals surface area contributed by atoms with Crippen molar-refractivity contribution in [3.8, 4) is 5.75 Å². The van der Waals surface area contributed by atoms with Gasteiger partial charge in [-0.25, -0.2) is 4.98 Å². The van der Waals surface area contributed by atoms with Crippen molar-refractivity contribution in [2.75, 3.05) is 51.3 Å². The molecule has 2 fully saturated rings. The third-order valence-corrected chi connectivity index (χ3v) is 8.14. The molecule has 0 N–H and O–H groups in total. The van der Waals surface area contributed by atoms with Crippen molar-refractivity contribution >= 4 is 17.0 Å². The number of likely N-dealkylation sites (tertiary alicyclic amines) is 1. The number of thiazole rings is 1. The van der Waals surface area contributed by atoms with Crippen molar-refractivity contribution in [1.82, 2.24) is 14.8 Å². The fraction of sp³-hybridized carbons (Fsp3) is 0.625. The van der Waals surface area contributed by atoms with Crippen LogP contribution in [0.4, 0.5) is 5.69 Å². The average molecular weight is 427 g/mol. The maximum atomic E-state index is 5.29. The van der Waals surface area contributed by atoms with Gasteiger partial charge in [-0.15, -0.1) is 11.3 Å². The molecule has 1 unspecified atom stereocenters. The van der Waals surface area contributed by atoms with Crippen LogP contribution in [0.2, 0.25) is 0 Å². The molecule has 0 saturated carbocycles. The lowest BCUT2D eigenvalue weighted by atomic mass is 10.0. The molecule has 1 aromatic heterocycles. The van der Waals surface area contributed by atoms with Gasteiger partial charge in [0.05, 0.1) is 19.3 Å². The second-order valence-electron chi connectivity index (χ2n) is 8.94. The first kappa shape index (κ1) is 20.3. The Morgan fingerprint density at radius 1 is 1.00 bits per heavy atom. The standard InChI is InChI=1S/C24H34N4OS/c1-29-21-10-8-19(9-11-21)27-13-15-28(16-14-27)20-5-4-12-26(17-20)18-24-25-22-6-2-3-7-23(22)30-24/h8-11,20H,2-7,12-18H2,1H3. The van der Waals surface area contributed by atoms with Gasteiger partial charge in [0.2, 0.25) is 0 Å². The molecule has 0 radical (unpaired) electrons. The zero-order valence-electron chi connectivity index (χ0n) is 18.2. The number of anilines is 1. The van der Waals surface area contributed by atoms with Crippen molar-refractivity contribution < 1.29 is 4.74 Å². The lowest BCUT2D eigenvalue weighted by Gasteiger charge is -2.43. The topological polar surface area (TPSA) is 31.8 Å². The molecule has 0 bridgehead atoms. The maximum Gasteiger partial charge on any atom is 0.119 e. The number of ether oxygens (including phenoxy) is 1. The monoisotopic (exact) mass is 426 g/mol. The normalized spacial score (nSPS) is 23.4. The van der Waals surface area contributed by atoms with Crippen molar-refractivity contribution in [3.63, 3.8) is 0 Å². The number of hydrogen-bond donors (Lipinski definition) is 0. The Bertz CT molecular complexity index is 805. The molecule has 3 heterocycles. The maximum absolute atomic E-state index is 5.29. The van der Waals surface area contributed by atoms with E-state index in [0.717, 1.165) is 38.5 Å². The summed E-state index contributed by atoms with van der Waals surface area (Å²) in [5.41, 5.74) is 2.72. The van der Waals surface area contributed by atoms with E-state index in [1.807, 2.05) is 11.3 Å². The van der Waals surface area contributed by atoms with Crippen LogP contribution in [-0.4, -0.2) is 67.2 Å². The zero-order valence-corrected chi connectivity index (χ0v) is 19.0. The minimum absolute atomic E-state index is 0.700. The first-order valence-corrected chi connectivity index (χ1v) is 12.4. The fourth-order valence-electron chi connectivity index (χ4n) is 5.28. The third-order valence-electron chi connectivity index (χ3n) is 7.00. The van der Waals surface area contributed by atoms with Crippen LogP contribution in [0, 0.1) is 0 Å². The van der Waals surface area contributed by atoms with Crippen LogP contribution in [0.3, 0.4) is 0 Å². The Labute approximate surface area is 184 Å². The van der Waals surface area contributed by atoms with Crippen molar-refractivity contribution in [2.45, 2.75) is 51.1 Å². The molecule has 0 amide bonds. The van der Waals surface area contributed by atoms with Crippen LogP contribution >= 0.6 is 11.3 Å². The van der Waals surface area contributed by atoms with E-state index in [0.29, 0.717) is 6.04 Å². The van der Waals surface area contributed by atoms with Gasteiger partial charge in [0.15, 0.2) is 0 Å². The van der Waals surface area contributed by atoms with E-state index in [9.17, 15) is 0 Å². The van der Waals surface area contributed by atoms with Crippen LogP contribution in [-0.2, 0) is 19.4 Å². The molecule has 5 nitrogen and oxygen atoms in total. The quantitative estimate of drug-likeness (QED) is 0.726. The molecule has 0 spiro atoms. The third kappa shape index (κ3) is 4.51. The molecule has 3 aliphatic rings. The summed E-state index contributed by atoms with van der Waals surface area (Å²) in [6, 6.07) is 9.20. The Balaban J connectivity index is 1.14. The summed E-state index contributed by atoms with van der Waals surface area (Å²) in [6.45, 7) is 8.04. The summed E-state index contributed by atoms with van der Waals surface area (Å²) in [6.07, 6.45) is 7.79. The molecule has 5 rings (SSSR count). The number of piperidine rings is 1. The van der Waals surface area contributed by atoms with Crippen LogP contribution in [0.5, 0.6) is 5.75 Å². The minimum Gasteiger partial charge on any atom is -0.497 e. The molecule has 2 aromatic rings. The smallest absolute Gasteiger partial charge is 0.119 e. The van der Waals surface area contributed by atoms with E-state index in [1.54, 1.807) is 12.0 Å². The lowest BCUT2D eigenvalue weighted by molar-refractivity contribution is 0.0887. The first-order valence-electron chi connectivity index (χ1n) is 11.6. The van der Waals surface area contributed by atoms with E-state index in [1.165, 1.54) is 68.0 Å². The molecule has 1 aromatic carbocycles. The van der Waals surface area contributed by atoms with Gasteiger partial charge in [0, 0.05) is 49.3 Å². The van der Waals surface area contributed by atoms with Gasteiger partial charge in [-0.3, -0.25) is 9.80 Å². The number of fused-ring (bicyclic) bond motifs is 1. The number of nitrogens with zero attached hydrogens (tertiary/aromatic N) is 4. The van der Waals surface area contributed by atoms with E-state index >= 15 is 0 Å². The molecule has 6 heteroatoms. The van der Waals surface area contributed by atoms with Gasteiger partial charge in [-0.1, -0.05) is 0 Å². The Morgan fingerprint density at radius 2 is 1.80 bits per heavy atom. The molecular weight excluding hydrogens is 392 g/mol. The van der Waals surface area contributed by atoms with E-state index in [4.69, 9.17) is 9.72 Å². The molecule has 2 aliphatic heterocycles. The van der Waals surface area contributed by atoms with Crippen LogP contribution in [0.15, 0.2) is 24.3 Å². The molecule has 1 atom stereocenters. The van der Waals surface area contributed by atoms with Crippen LogP contribution < -0.4 is 9.64 Å². The number of aryl methyl sites for hydroxylation is 2. The van der Waals surface area contributed by atoms with Gasteiger partial charge in [0.1, 0.15) is 10.8 Å². The Hall–Kier alpha value is -1.63. The molecular formula is C24H34N4OS. The summed E-state index contributed by atoms with van der Waals surface area (Å²) in [7, 11) is 1.73. The molecule has 1 aliphatic carbocycles. The van der Waals surface area contributed by atoms with E-state index in [-0.39, 0.29) is 0 Å². The SMILES string of the molecule is COc1ccc(N2CCN(C3CCCN(Cc4nc5c(s4)CCCC5)C3)CC2)cc1. The average Bonchev–Trinajstić information content (AvgIpc) is 3.22. The summed E-state index contributed by atoms with van der Waals surface area (Å²) in [5, 5.41) is 1.35. The predicted molar refractivity (Wildman–Crippen MR) is 124 cm³/mol. The van der Waals surface area contributed by atoms with Gasteiger partial charge < -0.3 is 9.64 Å². The highest BCUT2D eigenvalue weighted by Crippen LogP contribution is 2.29. The largest absolute Gasteiger partial charge is 0.497 e. The second-order valence-corrected chi connectivity index (χ2v) is 10.1. The Kier molecular flexibility index (Phi) is 6.25. The molecule has 162 valence electrons. The van der Waals surface area contributed by atoms with Crippen molar-refractivity contribution in [3.05, 3.63) is 39.8 Å². The zero-order chi connectivity index (χ0) is 20.3. The molecule has 2 saturated heterocycles. The van der Waals surface area contributed by atoms with Crippen molar-refractivity contribution in [1.29, 1.82) is 0 Å². The summed E-state index contributed by atoms with van der Waals surface area (Å²) in [5.74, 6) is 0.931. The van der Waals surface area contributed by atoms with E-state index < -0.39 is 0 Å². The highest BCUT2D eigenvalue weighted by Gasteiger charge is 2.29. The fourth-order valence-corrected chi connectivity index (χ4v) is 6.47. The number of hydrogen-bond acceptors (Lipinski definition) is 6. The van der Waals surface area contributed by atoms with Gasteiger partial charge in [-0.05, 0) is 69.3 Å². The van der Waals surface area contributed by atoms with Gasteiger partial charge in [-0.2, -0.15) is 0 Å². The van der Waals surface area contributed by atoms with Crippen molar-refractivity contribution in [2.24, 2.45) is 0 Å². The highest BCUT2D eigenvalue weighted by molar-refractivity contribution is 7.11. The second kappa shape index (κ2) is 9.25. The van der Waals surface area contributed by atoms with Crippen LogP contribution in [0.25, 0.3) is 0 Å². The summed E-state index contributed by atoms with van der Waals surface area (Å²) < 4.78 is 5.29. The van der Waals surface area contributed by atoms with Gasteiger partial charge >= 0.3 is 0 Å². The lowest BCUT2D eigenvalue weighted by Crippen LogP contribution is -2.55. The number of benzene rings is 1. The van der Waals surface area contributed by atoms with Gasteiger partial charge in [0.25, 0.3) is 0 Å². The predicted octanol–water partition coefficient (Wildman–Crippen LogP) is 3.82. The summed E-state index contributed by atoms with van der Waals surface area (Å²) in [4.78, 5) is 14.5. The number of piperazine rings is 1. The van der Waals surface area contributed by atoms with Crippen LogP contribution in [0.1, 0.15) is 41.3 Å². The van der Waals surface area contributed by atoms with E-state index in [2.05, 4.69) is 39.0 Å². The number of aromatic nitrogens is 1. The Morgan fingerprint density at radius 3 is 2.57 bits per heavy atom. The highest BCUT2D eigenvalue weighted by atomic mass is 32.1. The molecule has 30 heavy (non-hydrogen) atoms. The number of rotatable bonds is 5. The first-order chi connectivity index (χ1) is 14.8.